The minimum absolute atomic E-state index is 0.0391. The van der Waals surface area contributed by atoms with Crippen molar-refractivity contribution in [3.8, 4) is 5.69 Å². The number of aryl methyl sites for hydroxylation is 1. The molecule has 2 aliphatic rings. The maximum Gasteiger partial charge on any atom is 0.259 e. The number of ether oxygens (including phenoxy) is 1. The Morgan fingerprint density at radius 3 is 2.69 bits per heavy atom. The van der Waals surface area contributed by atoms with Crippen molar-refractivity contribution in [1.82, 2.24) is 19.4 Å². The molecule has 0 aliphatic carbocycles. The quantitative estimate of drug-likeness (QED) is 0.547. The maximum absolute atomic E-state index is 13.8. The Morgan fingerprint density at radius 1 is 1.14 bits per heavy atom. The van der Waals surface area contributed by atoms with Crippen LogP contribution in [-0.4, -0.2) is 71.7 Å². The molecular formula is C27H30N4O3S. The van der Waals surface area contributed by atoms with Crippen LogP contribution in [0.3, 0.4) is 0 Å². The Bertz CT molecular complexity index is 1270. The van der Waals surface area contributed by atoms with Crippen LogP contribution in [0.2, 0.25) is 0 Å². The van der Waals surface area contributed by atoms with E-state index in [4.69, 9.17) is 4.74 Å². The van der Waals surface area contributed by atoms with Gasteiger partial charge in [-0.15, -0.1) is 11.8 Å². The average molecular weight is 491 g/mol. The van der Waals surface area contributed by atoms with E-state index in [0.717, 1.165) is 47.2 Å². The number of piperazine rings is 1. The van der Waals surface area contributed by atoms with Crippen LogP contribution in [0.25, 0.3) is 5.69 Å². The van der Waals surface area contributed by atoms with E-state index in [1.54, 1.807) is 31.1 Å². The minimum atomic E-state index is -0.199. The van der Waals surface area contributed by atoms with Crippen molar-refractivity contribution in [1.29, 1.82) is 0 Å². The summed E-state index contributed by atoms with van der Waals surface area (Å²) in [6, 6.07) is 13.8. The first-order valence-corrected chi connectivity index (χ1v) is 12.9. The highest BCUT2D eigenvalue weighted by molar-refractivity contribution is 7.99. The summed E-state index contributed by atoms with van der Waals surface area (Å²) in [6.07, 6.45) is 4.21. The third-order valence-corrected chi connectivity index (χ3v) is 8.12. The molecule has 0 N–H and O–H groups in total. The molecule has 0 radical (unpaired) electrons. The van der Waals surface area contributed by atoms with E-state index in [1.807, 2.05) is 36.2 Å². The Labute approximate surface area is 209 Å². The number of carbonyl (C=O) groups is 1. The zero-order chi connectivity index (χ0) is 24.4. The van der Waals surface area contributed by atoms with E-state index in [0.29, 0.717) is 31.7 Å². The van der Waals surface area contributed by atoms with Crippen molar-refractivity contribution in [2.24, 2.45) is 0 Å². The average Bonchev–Trinajstić information content (AvgIpc) is 3.05. The molecule has 4 heterocycles. The van der Waals surface area contributed by atoms with Crippen molar-refractivity contribution < 1.29 is 9.53 Å². The second-order valence-electron chi connectivity index (χ2n) is 9.00. The molecule has 0 bridgehead atoms. The van der Waals surface area contributed by atoms with Crippen LogP contribution in [0.15, 0.2) is 64.5 Å². The van der Waals surface area contributed by atoms with E-state index in [9.17, 15) is 9.59 Å². The number of hydrogen-bond acceptors (Lipinski definition) is 6. The summed E-state index contributed by atoms with van der Waals surface area (Å²) in [5, 5.41) is 0.0391. The number of thioether (sulfide) groups is 1. The van der Waals surface area contributed by atoms with Crippen LogP contribution in [0.4, 0.5) is 0 Å². The molecular weight excluding hydrogens is 460 g/mol. The van der Waals surface area contributed by atoms with Gasteiger partial charge < -0.3 is 14.2 Å². The SMILES string of the molecule is COCCN1CCN(C(=O)c2c3n(c(C)cc2=O)-c2ccccc2S[C@H](c2cccnc2)C3)CC1. The third kappa shape index (κ3) is 4.78. The molecule has 182 valence electrons. The number of benzene rings is 1. The Balaban J connectivity index is 1.57. The number of aromatic nitrogens is 2. The van der Waals surface area contributed by atoms with E-state index in [1.165, 1.54) is 0 Å². The van der Waals surface area contributed by atoms with Crippen molar-refractivity contribution in [3.05, 3.63) is 87.6 Å². The molecule has 0 unspecified atom stereocenters. The molecule has 1 atom stereocenters. The molecule has 1 fully saturated rings. The molecule has 3 aromatic rings. The van der Waals surface area contributed by atoms with E-state index in [-0.39, 0.29) is 16.6 Å². The van der Waals surface area contributed by atoms with Gasteiger partial charge in [-0.05, 0) is 30.7 Å². The molecule has 2 aromatic heterocycles. The van der Waals surface area contributed by atoms with Gasteiger partial charge in [0.2, 0.25) is 0 Å². The zero-order valence-corrected chi connectivity index (χ0v) is 21.0. The van der Waals surface area contributed by atoms with Gasteiger partial charge in [-0.25, -0.2) is 0 Å². The van der Waals surface area contributed by atoms with Crippen molar-refractivity contribution in [2.45, 2.75) is 23.5 Å². The van der Waals surface area contributed by atoms with Gasteiger partial charge in [-0.3, -0.25) is 19.5 Å². The first-order valence-electron chi connectivity index (χ1n) is 12.0. The largest absolute Gasteiger partial charge is 0.383 e. The molecule has 1 saturated heterocycles. The summed E-state index contributed by atoms with van der Waals surface area (Å²) < 4.78 is 7.30. The fourth-order valence-electron chi connectivity index (χ4n) is 4.97. The highest BCUT2D eigenvalue weighted by atomic mass is 32.2. The molecule has 2 aliphatic heterocycles. The van der Waals surface area contributed by atoms with E-state index < -0.39 is 0 Å². The smallest absolute Gasteiger partial charge is 0.259 e. The van der Waals surface area contributed by atoms with Crippen molar-refractivity contribution in [3.63, 3.8) is 0 Å². The lowest BCUT2D eigenvalue weighted by Crippen LogP contribution is -2.50. The fourth-order valence-corrected chi connectivity index (χ4v) is 6.23. The highest BCUT2D eigenvalue weighted by Crippen LogP contribution is 2.44. The van der Waals surface area contributed by atoms with Crippen LogP contribution in [0.5, 0.6) is 0 Å². The molecule has 8 heteroatoms. The van der Waals surface area contributed by atoms with Gasteiger partial charge in [0, 0.05) is 86.2 Å². The number of methoxy groups -OCH3 is 1. The summed E-state index contributed by atoms with van der Waals surface area (Å²) in [6.45, 7) is 6.23. The first-order chi connectivity index (χ1) is 17.1. The normalized spacial score (nSPS) is 18.0. The monoisotopic (exact) mass is 490 g/mol. The Hall–Kier alpha value is -2.94. The van der Waals surface area contributed by atoms with Crippen LogP contribution in [0.1, 0.15) is 32.6 Å². The number of hydrogen-bond donors (Lipinski definition) is 0. The van der Waals surface area contributed by atoms with Crippen LogP contribution in [-0.2, 0) is 11.2 Å². The molecule has 1 amide bonds. The zero-order valence-electron chi connectivity index (χ0n) is 20.1. The van der Waals surface area contributed by atoms with Gasteiger partial charge in [0.1, 0.15) is 5.56 Å². The molecule has 0 saturated carbocycles. The molecule has 5 rings (SSSR count). The van der Waals surface area contributed by atoms with E-state index >= 15 is 0 Å². The number of pyridine rings is 2. The summed E-state index contributed by atoms with van der Waals surface area (Å²) in [4.78, 5) is 36.8. The lowest BCUT2D eigenvalue weighted by molar-refractivity contribution is 0.0591. The van der Waals surface area contributed by atoms with Gasteiger partial charge in [0.15, 0.2) is 5.43 Å². The topological polar surface area (TPSA) is 67.7 Å². The van der Waals surface area contributed by atoms with Crippen LogP contribution < -0.4 is 5.43 Å². The molecule has 1 aromatic carbocycles. The van der Waals surface area contributed by atoms with Gasteiger partial charge in [0.05, 0.1) is 12.3 Å². The van der Waals surface area contributed by atoms with Gasteiger partial charge in [-0.2, -0.15) is 0 Å². The lowest BCUT2D eigenvalue weighted by atomic mass is 10.0. The fraction of sp³-hybridized carbons (Fsp3) is 0.370. The van der Waals surface area contributed by atoms with Gasteiger partial charge in [0.25, 0.3) is 5.91 Å². The first kappa shape index (κ1) is 23.8. The summed E-state index contributed by atoms with van der Waals surface area (Å²) in [5.74, 6) is -0.167. The molecule has 0 spiro atoms. The number of para-hydroxylation sites is 1. The Kier molecular flexibility index (Phi) is 7.04. The summed E-state index contributed by atoms with van der Waals surface area (Å²) in [5.41, 5.74) is 3.82. The van der Waals surface area contributed by atoms with Crippen molar-refractivity contribution in [2.75, 3.05) is 46.4 Å². The molecule has 35 heavy (non-hydrogen) atoms. The predicted molar refractivity (Wildman–Crippen MR) is 138 cm³/mol. The predicted octanol–water partition coefficient (Wildman–Crippen LogP) is 3.33. The van der Waals surface area contributed by atoms with Gasteiger partial charge >= 0.3 is 0 Å². The second kappa shape index (κ2) is 10.4. The maximum atomic E-state index is 13.8. The van der Waals surface area contributed by atoms with Crippen LogP contribution in [0, 0.1) is 6.92 Å². The summed E-state index contributed by atoms with van der Waals surface area (Å²) in [7, 11) is 1.70. The highest BCUT2D eigenvalue weighted by Gasteiger charge is 2.32. The number of carbonyl (C=O) groups excluding carboxylic acids is 1. The second-order valence-corrected chi connectivity index (χ2v) is 10.2. The number of nitrogens with zero attached hydrogens (tertiary/aromatic N) is 4. The number of fused-ring (bicyclic) bond motifs is 3. The lowest BCUT2D eigenvalue weighted by Gasteiger charge is -2.35. The Morgan fingerprint density at radius 2 is 1.94 bits per heavy atom. The van der Waals surface area contributed by atoms with Gasteiger partial charge in [-0.1, -0.05) is 18.2 Å². The number of amides is 1. The van der Waals surface area contributed by atoms with Crippen molar-refractivity contribution >= 4 is 17.7 Å². The van der Waals surface area contributed by atoms with Crippen LogP contribution >= 0.6 is 11.8 Å². The number of rotatable bonds is 5. The third-order valence-electron chi connectivity index (χ3n) is 6.79. The standard InChI is InChI=1S/C27H30N4O3S/c1-19-16-23(32)26(27(33)30-12-10-29(11-13-30)14-15-34-2)22-17-25(20-6-5-9-28-18-20)35-24-8-4-3-7-21(24)31(19)22/h3-9,16,18,25H,10-15,17H2,1-2H3/t25-/m0/s1. The summed E-state index contributed by atoms with van der Waals surface area (Å²) >= 11 is 1.76. The van der Waals surface area contributed by atoms with E-state index in [2.05, 4.69) is 32.7 Å². The molecule has 7 nitrogen and oxygen atoms in total. The minimum Gasteiger partial charge on any atom is -0.383 e.